The molecule has 0 bridgehead atoms. The van der Waals surface area contributed by atoms with Crippen molar-refractivity contribution in [3.8, 4) is 11.5 Å². The molecule has 5 nitrogen and oxygen atoms in total. The van der Waals surface area contributed by atoms with Crippen LogP contribution in [0.2, 0.25) is 0 Å². The van der Waals surface area contributed by atoms with Gasteiger partial charge in [-0.15, -0.1) is 0 Å². The Bertz CT molecular complexity index is 1690. The molecule has 0 radical (unpaired) electrons. The second-order valence-corrected chi connectivity index (χ2v) is 13.9. The van der Waals surface area contributed by atoms with Gasteiger partial charge in [-0.25, -0.2) is 0 Å². The Kier molecular flexibility index (Phi) is 12.4. The van der Waals surface area contributed by atoms with Crippen LogP contribution in [0.1, 0.15) is 104 Å². The molecule has 4 aromatic carbocycles. The average Bonchev–Trinajstić information content (AvgIpc) is 3.09. The van der Waals surface area contributed by atoms with Gasteiger partial charge in [0.1, 0.15) is 11.5 Å². The van der Waals surface area contributed by atoms with Crippen LogP contribution in [0.4, 0.5) is 0 Å². The second kappa shape index (κ2) is 16.8. The zero-order valence-corrected chi connectivity index (χ0v) is 29.0. The second-order valence-electron chi connectivity index (χ2n) is 11.7. The molecule has 0 unspecified atom stereocenters. The Balaban J connectivity index is 1.27. The van der Waals surface area contributed by atoms with Gasteiger partial charge in [0.05, 0.1) is 12.5 Å². The molecule has 0 N–H and O–H groups in total. The van der Waals surface area contributed by atoms with E-state index >= 15 is 0 Å². The number of carbonyl (C=O) groups excluding carboxylic acids is 3. The summed E-state index contributed by atoms with van der Waals surface area (Å²) in [7, 11) is 0. The van der Waals surface area contributed by atoms with E-state index in [2.05, 4.69) is 6.92 Å². The molecule has 0 aromatic heterocycles. The number of hydrogen-bond donors (Lipinski definition) is 0. The van der Waals surface area contributed by atoms with Crippen molar-refractivity contribution in [3.63, 3.8) is 0 Å². The van der Waals surface area contributed by atoms with Gasteiger partial charge in [-0.05, 0) is 79.9 Å². The Labute approximate surface area is 286 Å². The van der Waals surface area contributed by atoms with Crippen LogP contribution in [0.15, 0.2) is 105 Å². The first-order valence-electron chi connectivity index (χ1n) is 16.7. The van der Waals surface area contributed by atoms with Gasteiger partial charge in [0.25, 0.3) is 0 Å². The van der Waals surface area contributed by atoms with E-state index in [0.717, 1.165) is 39.7 Å². The van der Waals surface area contributed by atoms with E-state index in [1.54, 1.807) is 24.3 Å². The van der Waals surface area contributed by atoms with Crippen LogP contribution in [-0.4, -0.2) is 24.1 Å². The van der Waals surface area contributed by atoms with Crippen LogP contribution in [0.25, 0.3) is 0 Å². The van der Waals surface area contributed by atoms with E-state index in [9.17, 15) is 14.4 Å². The van der Waals surface area contributed by atoms with Crippen LogP contribution in [-0.2, 0) is 4.79 Å². The zero-order valence-electron chi connectivity index (χ0n) is 27.4. The molecule has 47 heavy (non-hydrogen) atoms. The maximum absolute atomic E-state index is 14.0. The smallest absolute Gasteiger partial charge is 0.314 e. The summed E-state index contributed by atoms with van der Waals surface area (Å²) in [6.07, 6.45) is 8.81. The van der Waals surface area contributed by atoms with Crippen molar-refractivity contribution in [2.45, 2.75) is 91.7 Å². The third kappa shape index (κ3) is 8.57. The Morgan fingerprint density at radius 1 is 0.617 bits per heavy atom. The van der Waals surface area contributed by atoms with E-state index < -0.39 is 0 Å². The van der Waals surface area contributed by atoms with Gasteiger partial charge in [-0.3, -0.25) is 14.4 Å². The van der Waals surface area contributed by atoms with E-state index in [-0.39, 0.29) is 23.5 Å². The minimum Gasteiger partial charge on any atom is -0.494 e. The molecule has 0 saturated heterocycles. The van der Waals surface area contributed by atoms with E-state index in [4.69, 9.17) is 9.47 Å². The lowest BCUT2D eigenvalue weighted by molar-refractivity contribution is -0.139. The number of unbranched alkanes of at least 4 members (excludes halogenated alkanes) is 5. The summed E-state index contributed by atoms with van der Waals surface area (Å²) in [6, 6.07) is 26.1. The van der Waals surface area contributed by atoms with Gasteiger partial charge in [0.2, 0.25) is 0 Å². The predicted molar refractivity (Wildman–Crippen MR) is 189 cm³/mol. The molecule has 0 amide bonds. The van der Waals surface area contributed by atoms with E-state index in [1.807, 2.05) is 74.5 Å². The van der Waals surface area contributed by atoms with Crippen molar-refractivity contribution in [1.29, 1.82) is 0 Å². The fourth-order valence-corrected chi connectivity index (χ4v) is 7.63. The van der Waals surface area contributed by atoms with Gasteiger partial charge in [-0.2, -0.15) is 0 Å². The van der Waals surface area contributed by atoms with Gasteiger partial charge in [0.15, 0.2) is 11.6 Å². The lowest BCUT2D eigenvalue weighted by atomic mass is 9.84. The minimum atomic E-state index is -0.224. The highest BCUT2D eigenvalue weighted by atomic mass is 32.2. The lowest BCUT2D eigenvalue weighted by Crippen LogP contribution is -2.22. The first-order chi connectivity index (χ1) is 22.9. The topological polar surface area (TPSA) is 69.7 Å². The predicted octanol–water partition coefficient (Wildman–Crippen LogP) is 10.8. The van der Waals surface area contributed by atoms with Crippen molar-refractivity contribution in [1.82, 2.24) is 0 Å². The highest BCUT2D eigenvalue weighted by molar-refractivity contribution is 7.99. The number of ether oxygens (including phenoxy) is 2. The number of rotatable bonds is 16. The number of esters is 1. The summed E-state index contributed by atoms with van der Waals surface area (Å²) in [5.74, 6) is 0.669. The SMILES string of the molecule is CCCCCCCCOc1ccc(Sc2cccc3c2C(=O)c2cccc(Sc4ccc(OC(=O)C(CC)CC)cc4)c2C3=O)cc1. The van der Waals surface area contributed by atoms with Gasteiger partial charge in [0, 0.05) is 41.8 Å². The Hall–Kier alpha value is -3.81. The van der Waals surface area contributed by atoms with Crippen LogP contribution < -0.4 is 9.47 Å². The standard InChI is InChI=1S/C40H42O5S2/c1-4-7-8-9-10-11-26-44-28-18-22-30(23-19-28)46-34-16-12-14-32-36(34)38(41)33-15-13-17-35(37(33)39(32)42)47-31-24-20-29(21-25-31)45-40(43)27(5-2)6-3/h12-25,27H,4-11,26H2,1-3H3. The van der Waals surface area contributed by atoms with Gasteiger partial charge < -0.3 is 9.47 Å². The average molecular weight is 667 g/mol. The quantitative estimate of drug-likeness (QED) is 0.0589. The summed E-state index contributed by atoms with van der Waals surface area (Å²) in [5.41, 5.74) is 1.70. The van der Waals surface area contributed by atoms with Crippen molar-refractivity contribution in [2.75, 3.05) is 6.61 Å². The normalized spacial score (nSPS) is 12.2. The molecule has 244 valence electrons. The third-order valence-corrected chi connectivity index (χ3v) is 10.5. The molecule has 1 aliphatic rings. The molecule has 0 saturated carbocycles. The summed E-state index contributed by atoms with van der Waals surface area (Å²) in [6.45, 7) is 6.89. The first kappa shape index (κ1) is 34.5. The summed E-state index contributed by atoms with van der Waals surface area (Å²) < 4.78 is 11.5. The molecule has 7 heteroatoms. The molecular weight excluding hydrogens is 625 g/mol. The van der Waals surface area contributed by atoms with Gasteiger partial charge >= 0.3 is 5.97 Å². The summed E-state index contributed by atoms with van der Waals surface area (Å²) in [5, 5.41) is 0. The summed E-state index contributed by atoms with van der Waals surface area (Å²) >= 11 is 2.89. The molecular formula is C40H42O5S2. The highest BCUT2D eigenvalue weighted by Gasteiger charge is 2.33. The Morgan fingerprint density at radius 3 is 1.62 bits per heavy atom. The number of hydrogen-bond acceptors (Lipinski definition) is 7. The van der Waals surface area contributed by atoms with Crippen LogP contribution in [0, 0.1) is 5.92 Å². The van der Waals surface area contributed by atoms with Crippen molar-refractivity contribution >= 4 is 41.1 Å². The number of fused-ring (bicyclic) bond motifs is 2. The molecule has 1 aliphatic carbocycles. The maximum atomic E-state index is 14.0. The lowest BCUT2D eigenvalue weighted by Gasteiger charge is -2.22. The number of benzene rings is 4. The van der Waals surface area contributed by atoms with Crippen molar-refractivity contribution in [2.24, 2.45) is 5.92 Å². The maximum Gasteiger partial charge on any atom is 0.314 e. The van der Waals surface area contributed by atoms with Crippen LogP contribution in [0.3, 0.4) is 0 Å². The first-order valence-corrected chi connectivity index (χ1v) is 18.3. The summed E-state index contributed by atoms with van der Waals surface area (Å²) in [4.78, 5) is 43.6. The number of ketones is 2. The highest BCUT2D eigenvalue weighted by Crippen LogP contribution is 2.41. The van der Waals surface area contributed by atoms with Crippen LogP contribution >= 0.6 is 23.5 Å². The zero-order chi connectivity index (χ0) is 33.2. The fourth-order valence-electron chi connectivity index (χ4n) is 5.68. The van der Waals surface area contributed by atoms with Crippen molar-refractivity contribution in [3.05, 3.63) is 107 Å². The molecule has 5 rings (SSSR count). The van der Waals surface area contributed by atoms with Gasteiger partial charge in [-0.1, -0.05) is 101 Å². The van der Waals surface area contributed by atoms with Crippen molar-refractivity contribution < 1.29 is 23.9 Å². The molecule has 0 atom stereocenters. The minimum absolute atomic E-state index is 0.120. The monoisotopic (exact) mass is 666 g/mol. The largest absolute Gasteiger partial charge is 0.494 e. The fraction of sp³-hybridized carbons (Fsp3) is 0.325. The van der Waals surface area contributed by atoms with E-state index in [1.165, 1.54) is 55.6 Å². The molecule has 0 fully saturated rings. The molecule has 0 aliphatic heterocycles. The molecule has 0 heterocycles. The van der Waals surface area contributed by atoms with Crippen LogP contribution in [0.5, 0.6) is 11.5 Å². The number of carbonyl (C=O) groups is 3. The van der Waals surface area contributed by atoms with E-state index in [0.29, 0.717) is 39.5 Å². The third-order valence-electron chi connectivity index (χ3n) is 8.40. The molecule has 4 aromatic rings. The molecule has 0 spiro atoms. The Morgan fingerprint density at radius 2 is 1.11 bits per heavy atom.